The number of thiazole rings is 1. The number of aryl methyl sites for hydroxylation is 1. The van der Waals surface area contributed by atoms with Gasteiger partial charge < -0.3 is 4.57 Å². The summed E-state index contributed by atoms with van der Waals surface area (Å²) < 4.78 is 15.6. The van der Waals surface area contributed by atoms with Crippen molar-refractivity contribution in [3.05, 3.63) is 56.4 Å². The molecule has 1 aromatic heterocycles. The molecule has 0 amide bonds. The highest BCUT2D eigenvalue weighted by molar-refractivity contribution is 7.07. The first kappa shape index (κ1) is 14.5. The van der Waals surface area contributed by atoms with Crippen LogP contribution in [0.25, 0.3) is 0 Å². The molecule has 0 bridgehead atoms. The molecule has 0 unspecified atom stereocenters. The van der Waals surface area contributed by atoms with E-state index in [9.17, 15) is 9.18 Å². The molecule has 5 heteroatoms. The fourth-order valence-corrected chi connectivity index (χ4v) is 3.34. The molecule has 0 N–H and O–H groups in total. The van der Waals surface area contributed by atoms with E-state index < -0.39 is 0 Å². The molecule has 3 rings (SSSR count). The quantitative estimate of drug-likeness (QED) is 0.819. The van der Waals surface area contributed by atoms with Crippen LogP contribution in [0.1, 0.15) is 24.1 Å². The highest BCUT2D eigenvalue weighted by Crippen LogP contribution is 2.28. The SMILES string of the molecule is Cc1csc(=O)n1CCN(Cc1ccccc1F)C1CC1. The van der Waals surface area contributed by atoms with Crippen LogP contribution in [-0.2, 0) is 13.1 Å². The van der Waals surface area contributed by atoms with E-state index in [1.807, 2.05) is 24.4 Å². The van der Waals surface area contributed by atoms with E-state index in [2.05, 4.69) is 4.90 Å². The van der Waals surface area contributed by atoms with E-state index in [4.69, 9.17) is 0 Å². The van der Waals surface area contributed by atoms with E-state index in [0.717, 1.165) is 17.8 Å². The minimum Gasteiger partial charge on any atom is -0.302 e. The van der Waals surface area contributed by atoms with Crippen LogP contribution in [0.2, 0.25) is 0 Å². The average Bonchev–Trinajstić information content (AvgIpc) is 3.26. The third kappa shape index (κ3) is 3.41. The number of nitrogens with zero attached hydrogens (tertiary/aromatic N) is 2. The largest absolute Gasteiger partial charge is 0.307 e. The zero-order valence-electron chi connectivity index (χ0n) is 12.1. The topological polar surface area (TPSA) is 25.2 Å². The normalized spacial score (nSPS) is 14.8. The molecule has 112 valence electrons. The van der Waals surface area contributed by atoms with Crippen LogP contribution in [-0.4, -0.2) is 22.1 Å². The van der Waals surface area contributed by atoms with Crippen molar-refractivity contribution in [2.24, 2.45) is 0 Å². The van der Waals surface area contributed by atoms with Crippen molar-refractivity contribution in [1.29, 1.82) is 0 Å². The number of halogens is 1. The maximum atomic E-state index is 13.8. The standard InChI is InChI=1S/C16H19FN2OS/c1-12-11-21-16(20)19(12)9-8-18(14-6-7-14)10-13-4-2-3-5-15(13)17/h2-5,11,14H,6-10H2,1H3. The van der Waals surface area contributed by atoms with Crippen LogP contribution in [0.4, 0.5) is 4.39 Å². The molecular weight excluding hydrogens is 287 g/mol. The highest BCUT2D eigenvalue weighted by atomic mass is 32.1. The Morgan fingerprint density at radius 2 is 2.14 bits per heavy atom. The molecular formula is C16H19FN2OS. The van der Waals surface area contributed by atoms with Gasteiger partial charge in [0, 0.05) is 42.3 Å². The van der Waals surface area contributed by atoms with Crippen LogP contribution >= 0.6 is 11.3 Å². The Kier molecular flexibility index (Phi) is 4.22. The Hall–Kier alpha value is -1.46. The molecule has 0 radical (unpaired) electrons. The lowest BCUT2D eigenvalue weighted by atomic mass is 10.2. The second kappa shape index (κ2) is 6.12. The first-order valence-electron chi connectivity index (χ1n) is 7.27. The first-order chi connectivity index (χ1) is 10.1. The maximum absolute atomic E-state index is 13.8. The Labute approximate surface area is 127 Å². The van der Waals surface area contributed by atoms with Crippen LogP contribution in [0, 0.1) is 12.7 Å². The summed E-state index contributed by atoms with van der Waals surface area (Å²) in [5.41, 5.74) is 1.74. The second-order valence-corrected chi connectivity index (χ2v) is 6.41. The number of hydrogen-bond acceptors (Lipinski definition) is 3. The molecule has 1 heterocycles. The van der Waals surface area contributed by atoms with Gasteiger partial charge in [0.25, 0.3) is 0 Å². The molecule has 1 aliphatic carbocycles. The van der Waals surface area contributed by atoms with Crippen LogP contribution < -0.4 is 4.87 Å². The number of aromatic nitrogens is 1. The zero-order chi connectivity index (χ0) is 14.8. The number of benzene rings is 1. The minimum absolute atomic E-state index is 0.0918. The predicted octanol–water partition coefficient (Wildman–Crippen LogP) is 3.02. The summed E-state index contributed by atoms with van der Waals surface area (Å²) in [5.74, 6) is -0.146. The molecule has 2 aromatic rings. The van der Waals surface area contributed by atoms with Crippen molar-refractivity contribution in [3.63, 3.8) is 0 Å². The molecule has 1 aromatic carbocycles. The van der Waals surface area contributed by atoms with Crippen molar-refractivity contribution in [3.8, 4) is 0 Å². The average molecular weight is 306 g/mol. The Morgan fingerprint density at radius 3 is 2.76 bits per heavy atom. The van der Waals surface area contributed by atoms with Gasteiger partial charge in [0.05, 0.1) is 0 Å². The monoisotopic (exact) mass is 306 g/mol. The summed E-state index contributed by atoms with van der Waals surface area (Å²) in [4.78, 5) is 14.1. The number of hydrogen-bond donors (Lipinski definition) is 0. The van der Waals surface area contributed by atoms with Gasteiger partial charge in [0.2, 0.25) is 0 Å². The summed E-state index contributed by atoms with van der Waals surface area (Å²) in [7, 11) is 0. The third-order valence-electron chi connectivity index (χ3n) is 3.98. The van der Waals surface area contributed by atoms with E-state index in [1.165, 1.54) is 30.2 Å². The van der Waals surface area contributed by atoms with Gasteiger partial charge in [0.15, 0.2) is 0 Å². The highest BCUT2D eigenvalue weighted by Gasteiger charge is 2.29. The van der Waals surface area contributed by atoms with E-state index in [1.54, 1.807) is 10.6 Å². The zero-order valence-corrected chi connectivity index (χ0v) is 12.9. The molecule has 1 fully saturated rings. The summed E-state index contributed by atoms with van der Waals surface area (Å²) in [6.07, 6.45) is 2.35. The lowest BCUT2D eigenvalue weighted by Gasteiger charge is -2.22. The lowest BCUT2D eigenvalue weighted by molar-refractivity contribution is 0.240. The van der Waals surface area contributed by atoms with Crippen LogP contribution in [0.5, 0.6) is 0 Å². The fourth-order valence-electron chi connectivity index (χ4n) is 2.58. The van der Waals surface area contributed by atoms with Crippen LogP contribution in [0.3, 0.4) is 0 Å². The minimum atomic E-state index is -0.146. The predicted molar refractivity (Wildman–Crippen MR) is 83.1 cm³/mol. The van der Waals surface area contributed by atoms with Gasteiger partial charge in [-0.3, -0.25) is 9.69 Å². The van der Waals surface area contributed by atoms with Gasteiger partial charge in [-0.15, -0.1) is 0 Å². The lowest BCUT2D eigenvalue weighted by Crippen LogP contribution is -2.31. The van der Waals surface area contributed by atoms with Gasteiger partial charge >= 0.3 is 4.87 Å². The molecule has 1 aliphatic rings. The maximum Gasteiger partial charge on any atom is 0.307 e. The van der Waals surface area contributed by atoms with Gasteiger partial charge in [-0.05, 0) is 25.8 Å². The molecule has 0 spiro atoms. The van der Waals surface area contributed by atoms with E-state index in [0.29, 0.717) is 19.1 Å². The van der Waals surface area contributed by atoms with E-state index >= 15 is 0 Å². The third-order valence-corrected chi connectivity index (χ3v) is 4.86. The van der Waals surface area contributed by atoms with E-state index in [-0.39, 0.29) is 10.7 Å². The Morgan fingerprint density at radius 1 is 1.38 bits per heavy atom. The smallest absolute Gasteiger partial charge is 0.302 e. The molecule has 1 saturated carbocycles. The molecule has 21 heavy (non-hydrogen) atoms. The summed E-state index contributed by atoms with van der Waals surface area (Å²) >= 11 is 1.24. The molecule has 3 nitrogen and oxygen atoms in total. The molecule has 0 aliphatic heterocycles. The fraction of sp³-hybridized carbons (Fsp3) is 0.438. The molecule has 0 saturated heterocycles. The van der Waals surface area contributed by atoms with Crippen molar-refractivity contribution in [1.82, 2.24) is 9.47 Å². The number of rotatable bonds is 6. The van der Waals surface area contributed by atoms with Gasteiger partial charge in [0.1, 0.15) is 5.82 Å². The van der Waals surface area contributed by atoms with Crippen molar-refractivity contribution in [2.75, 3.05) is 6.54 Å². The Bertz CT molecular complexity index is 675. The molecule has 0 atom stereocenters. The van der Waals surface area contributed by atoms with Gasteiger partial charge in [-0.25, -0.2) is 4.39 Å². The van der Waals surface area contributed by atoms with Gasteiger partial charge in [-0.1, -0.05) is 29.5 Å². The summed E-state index contributed by atoms with van der Waals surface area (Å²) in [6.45, 7) is 4.04. The summed E-state index contributed by atoms with van der Waals surface area (Å²) in [6, 6.07) is 7.48. The first-order valence-corrected chi connectivity index (χ1v) is 8.15. The summed E-state index contributed by atoms with van der Waals surface area (Å²) in [5, 5.41) is 1.89. The second-order valence-electron chi connectivity index (χ2n) is 5.59. The van der Waals surface area contributed by atoms with Crippen LogP contribution in [0.15, 0.2) is 34.4 Å². The van der Waals surface area contributed by atoms with Crippen molar-refractivity contribution >= 4 is 11.3 Å². The van der Waals surface area contributed by atoms with Crippen molar-refractivity contribution in [2.45, 2.75) is 38.9 Å². The van der Waals surface area contributed by atoms with Gasteiger partial charge in [-0.2, -0.15) is 0 Å². The Balaban J connectivity index is 1.68. The van der Waals surface area contributed by atoms with Crippen molar-refractivity contribution < 1.29 is 4.39 Å².